The number of methoxy groups -OCH3 is 1. The van der Waals surface area contributed by atoms with Gasteiger partial charge in [-0.2, -0.15) is 5.10 Å². The van der Waals surface area contributed by atoms with Crippen molar-refractivity contribution in [2.75, 3.05) is 12.4 Å². The molecule has 0 spiro atoms. The van der Waals surface area contributed by atoms with E-state index < -0.39 is 5.97 Å². The minimum atomic E-state index is -1.03. The molecule has 2 N–H and O–H groups in total. The summed E-state index contributed by atoms with van der Waals surface area (Å²) in [5.74, 6) is 0.304. The Labute approximate surface area is 212 Å². The van der Waals surface area contributed by atoms with E-state index in [0.29, 0.717) is 34.7 Å². The molecule has 0 aliphatic rings. The van der Waals surface area contributed by atoms with Crippen molar-refractivity contribution in [2.45, 2.75) is 13.5 Å². The SMILES string of the molecule is C=N/C=C\C(=C/C)Nc1nc(-c2nn(Cc3ccc(C(=O)O)cc3Cl)c3ccccc23)ncc1OC. The Balaban J connectivity index is 1.76. The number of aliphatic imine (C=N–C) groups is 1. The number of carboxylic acid groups (broad SMARTS) is 1. The molecule has 0 aliphatic carbocycles. The number of carbonyl (C=O) groups is 1. The van der Waals surface area contributed by atoms with Crippen molar-refractivity contribution in [3.63, 3.8) is 0 Å². The summed E-state index contributed by atoms with van der Waals surface area (Å²) in [7, 11) is 1.55. The lowest BCUT2D eigenvalue weighted by Gasteiger charge is -2.11. The molecule has 0 saturated carbocycles. The van der Waals surface area contributed by atoms with Crippen LogP contribution in [-0.2, 0) is 6.54 Å². The number of allylic oxidation sites excluding steroid dienone is 2. The van der Waals surface area contributed by atoms with Crippen LogP contribution in [0.5, 0.6) is 5.75 Å². The summed E-state index contributed by atoms with van der Waals surface area (Å²) in [5, 5.41) is 18.4. The number of carboxylic acids is 1. The van der Waals surface area contributed by atoms with Crippen LogP contribution in [0.15, 0.2) is 77.7 Å². The predicted octanol–water partition coefficient (Wildman–Crippen LogP) is 5.43. The molecule has 4 rings (SSSR count). The maximum absolute atomic E-state index is 11.3. The fraction of sp³-hybridized carbons (Fsp3) is 0.115. The van der Waals surface area contributed by atoms with Gasteiger partial charge in [0, 0.05) is 22.3 Å². The molecular formula is C26H23ClN6O3. The summed E-state index contributed by atoms with van der Waals surface area (Å²) in [6.07, 6.45) is 6.78. The molecule has 10 heteroatoms. The fourth-order valence-electron chi connectivity index (χ4n) is 3.59. The normalized spacial score (nSPS) is 11.7. The maximum atomic E-state index is 11.3. The number of nitrogens with one attached hydrogen (secondary N) is 1. The number of nitrogens with zero attached hydrogens (tertiary/aromatic N) is 5. The zero-order valence-electron chi connectivity index (χ0n) is 19.6. The second-order valence-electron chi connectivity index (χ2n) is 7.61. The highest BCUT2D eigenvalue weighted by Gasteiger charge is 2.18. The second-order valence-corrected chi connectivity index (χ2v) is 8.02. The lowest BCUT2D eigenvalue weighted by Crippen LogP contribution is -2.05. The van der Waals surface area contributed by atoms with Gasteiger partial charge in [-0.25, -0.2) is 14.8 Å². The van der Waals surface area contributed by atoms with Gasteiger partial charge in [0.2, 0.25) is 0 Å². The van der Waals surface area contributed by atoms with E-state index in [1.807, 2.05) is 37.3 Å². The molecule has 0 aliphatic heterocycles. The molecule has 9 nitrogen and oxygen atoms in total. The van der Waals surface area contributed by atoms with Crippen molar-refractivity contribution in [3.8, 4) is 17.3 Å². The van der Waals surface area contributed by atoms with Crippen LogP contribution >= 0.6 is 11.6 Å². The minimum Gasteiger partial charge on any atom is -0.491 e. The number of ether oxygens (including phenoxy) is 1. The second kappa shape index (κ2) is 10.8. The van der Waals surface area contributed by atoms with E-state index >= 15 is 0 Å². The minimum absolute atomic E-state index is 0.126. The number of aromatic carboxylic acids is 1. The molecule has 0 saturated heterocycles. The topological polar surface area (TPSA) is 115 Å². The zero-order valence-corrected chi connectivity index (χ0v) is 20.4. The average Bonchev–Trinajstić information content (AvgIpc) is 3.25. The third kappa shape index (κ3) is 5.11. The van der Waals surface area contributed by atoms with Gasteiger partial charge in [0.15, 0.2) is 17.4 Å². The van der Waals surface area contributed by atoms with E-state index in [0.717, 1.165) is 22.2 Å². The number of benzene rings is 2. The molecule has 0 bridgehead atoms. The number of anilines is 1. The monoisotopic (exact) mass is 502 g/mol. The van der Waals surface area contributed by atoms with Crippen LogP contribution in [0.3, 0.4) is 0 Å². The third-order valence-corrected chi connectivity index (χ3v) is 5.75. The van der Waals surface area contributed by atoms with E-state index in [1.54, 1.807) is 36.3 Å². The van der Waals surface area contributed by atoms with Crippen molar-refractivity contribution >= 4 is 41.0 Å². The van der Waals surface area contributed by atoms with Gasteiger partial charge in [0.25, 0.3) is 0 Å². The molecule has 0 amide bonds. The summed E-state index contributed by atoms with van der Waals surface area (Å²) in [4.78, 5) is 24.2. The van der Waals surface area contributed by atoms with Gasteiger partial charge in [-0.1, -0.05) is 41.9 Å². The van der Waals surface area contributed by atoms with Gasteiger partial charge in [0.05, 0.1) is 30.9 Å². The summed E-state index contributed by atoms with van der Waals surface area (Å²) in [6.45, 7) is 5.67. The van der Waals surface area contributed by atoms with Crippen LogP contribution in [0, 0.1) is 0 Å². The highest BCUT2D eigenvalue weighted by molar-refractivity contribution is 6.31. The number of aromatic nitrogens is 4. The fourth-order valence-corrected chi connectivity index (χ4v) is 3.83. The smallest absolute Gasteiger partial charge is 0.335 e. The van der Waals surface area contributed by atoms with E-state index in [2.05, 4.69) is 22.0 Å². The molecule has 0 unspecified atom stereocenters. The van der Waals surface area contributed by atoms with Crippen molar-refractivity contribution in [2.24, 2.45) is 4.99 Å². The number of fused-ring (bicyclic) bond motifs is 1. The Morgan fingerprint density at radius 1 is 1.31 bits per heavy atom. The summed E-state index contributed by atoms with van der Waals surface area (Å²) in [6, 6.07) is 12.4. The van der Waals surface area contributed by atoms with Gasteiger partial charge >= 0.3 is 5.97 Å². The molecule has 2 aromatic heterocycles. The van der Waals surface area contributed by atoms with Gasteiger partial charge in [-0.05, 0) is 43.5 Å². The molecule has 4 aromatic rings. The molecule has 0 radical (unpaired) electrons. The van der Waals surface area contributed by atoms with Gasteiger partial charge in [0.1, 0.15) is 5.69 Å². The third-order valence-electron chi connectivity index (χ3n) is 5.40. The van der Waals surface area contributed by atoms with Gasteiger partial charge < -0.3 is 15.2 Å². The van der Waals surface area contributed by atoms with E-state index in [9.17, 15) is 9.90 Å². The summed E-state index contributed by atoms with van der Waals surface area (Å²) in [5.41, 5.74) is 3.05. The molecule has 0 atom stereocenters. The first-order valence-corrected chi connectivity index (χ1v) is 11.3. The molecule has 0 fully saturated rings. The average molecular weight is 503 g/mol. The van der Waals surface area contributed by atoms with Crippen molar-refractivity contribution < 1.29 is 14.6 Å². The summed E-state index contributed by atoms with van der Waals surface area (Å²) < 4.78 is 7.24. The van der Waals surface area contributed by atoms with Crippen LogP contribution < -0.4 is 10.1 Å². The lowest BCUT2D eigenvalue weighted by molar-refractivity contribution is 0.0697. The first-order valence-electron chi connectivity index (χ1n) is 10.9. The van der Waals surface area contributed by atoms with E-state index in [1.165, 1.54) is 12.1 Å². The Bertz CT molecular complexity index is 1510. The predicted molar refractivity (Wildman–Crippen MR) is 141 cm³/mol. The zero-order chi connectivity index (χ0) is 25.7. The standard InChI is InChI=1S/C26H23ClN6O3/c1-4-18(11-12-28-2)30-24-22(36-3)14-29-25(31-24)23-19-7-5-6-8-21(19)33(32-23)15-17-10-9-16(26(34)35)13-20(17)27/h4-14H,2,15H2,1,3H3,(H,34,35)(H,29,30,31)/b12-11-,18-4+. The van der Waals surface area contributed by atoms with E-state index in [-0.39, 0.29) is 5.56 Å². The summed E-state index contributed by atoms with van der Waals surface area (Å²) >= 11 is 6.38. The van der Waals surface area contributed by atoms with Crippen LogP contribution in [0.4, 0.5) is 5.82 Å². The van der Waals surface area contributed by atoms with Crippen LogP contribution in [0.1, 0.15) is 22.8 Å². The highest BCUT2D eigenvalue weighted by Crippen LogP contribution is 2.31. The molecule has 36 heavy (non-hydrogen) atoms. The number of hydrogen-bond acceptors (Lipinski definition) is 7. The highest BCUT2D eigenvalue weighted by atomic mass is 35.5. The van der Waals surface area contributed by atoms with Crippen molar-refractivity contribution in [1.29, 1.82) is 0 Å². The molecule has 2 aromatic carbocycles. The Morgan fingerprint density at radius 3 is 2.81 bits per heavy atom. The Hall–Kier alpha value is -4.50. The maximum Gasteiger partial charge on any atom is 0.335 e. The van der Waals surface area contributed by atoms with Gasteiger partial charge in [-0.3, -0.25) is 9.67 Å². The molecular weight excluding hydrogens is 480 g/mol. The quantitative estimate of drug-likeness (QED) is 0.231. The number of para-hydroxylation sites is 1. The molecule has 2 heterocycles. The molecule has 182 valence electrons. The van der Waals surface area contributed by atoms with Crippen molar-refractivity contribution in [1.82, 2.24) is 19.7 Å². The van der Waals surface area contributed by atoms with Crippen molar-refractivity contribution in [3.05, 3.63) is 88.9 Å². The number of hydrogen-bond donors (Lipinski definition) is 2. The first-order chi connectivity index (χ1) is 17.4. The van der Waals surface area contributed by atoms with Crippen LogP contribution in [0.25, 0.3) is 22.4 Å². The number of rotatable bonds is 9. The largest absolute Gasteiger partial charge is 0.491 e. The van der Waals surface area contributed by atoms with Crippen LogP contribution in [-0.4, -0.2) is 44.7 Å². The Morgan fingerprint density at radius 2 is 2.11 bits per heavy atom. The first kappa shape index (κ1) is 24.6. The van der Waals surface area contributed by atoms with Crippen LogP contribution in [0.2, 0.25) is 5.02 Å². The van der Waals surface area contributed by atoms with E-state index in [4.69, 9.17) is 26.4 Å². The lowest BCUT2D eigenvalue weighted by atomic mass is 10.1. The number of halogens is 1. The van der Waals surface area contributed by atoms with Gasteiger partial charge in [-0.15, -0.1) is 0 Å². The Kier molecular flexibility index (Phi) is 7.41.